The fourth-order valence-corrected chi connectivity index (χ4v) is 2.74. The molecule has 2 aromatic rings. The van der Waals surface area contributed by atoms with Gasteiger partial charge in [-0.3, -0.25) is 4.79 Å². The highest BCUT2D eigenvalue weighted by molar-refractivity contribution is 7.98. The Morgan fingerprint density at radius 1 is 1.15 bits per heavy atom. The Balaban J connectivity index is 0.00000176. The fraction of sp³-hybridized carbons (Fsp3) is 0.421. The quantitative estimate of drug-likeness (QED) is 0.398. The maximum atomic E-state index is 13.2. The minimum atomic E-state index is -4.50. The van der Waals surface area contributed by atoms with Crippen molar-refractivity contribution >= 4 is 17.7 Å². The van der Waals surface area contributed by atoms with Crippen LogP contribution >= 0.6 is 11.8 Å². The largest absolute Gasteiger partial charge is 0.469 e. The van der Waals surface area contributed by atoms with Crippen LogP contribution in [-0.2, 0) is 35.0 Å². The normalized spacial score (nSPS) is 10.8. The van der Waals surface area contributed by atoms with Crippen LogP contribution in [0.25, 0.3) is 0 Å². The maximum Gasteiger partial charge on any atom is 0.419 e. The topological polar surface area (TPSA) is 52.1 Å². The van der Waals surface area contributed by atoms with Crippen LogP contribution in [0.1, 0.15) is 36.2 Å². The molecule has 27 heavy (non-hydrogen) atoms. The first kappa shape index (κ1) is 23.0. The summed E-state index contributed by atoms with van der Waals surface area (Å²) in [4.78, 5) is 19.2. The molecule has 148 valence electrons. The highest BCUT2D eigenvalue weighted by Gasteiger charge is 2.34. The van der Waals surface area contributed by atoms with Gasteiger partial charge in [-0.25, -0.2) is 9.97 Å². The average Bonchev–Trinajstić information content (AvgIpc) is 2.67. The summed E-state index contributed by atoms with van der Waals surface area (Å²) >= 11 is 1.19. The molecule has 0 saturated carbocycles. The van der Waals surface area contributed by atoms with Gasteiger partial charge in [0, 0.05) is 6.20 Å². The van der Waals surface area contributed by atoms with Crippen molar-refractivity contribution in [1.29, 1.82) is 0 Å². The van der Waals surface area contributed by atoms with E-state index < -0.39 is 17.7 Å². The zero-order valence-electron chi connectivity index (χ0n) is 15.8. The van der Waals surface area contributed by atoms with Crippen LogP contribution < -0.4 is 0 Å². The van der Waals surface area contributed by atoms with Gasteiger partial charge in [-0.1, -0.05) is 49.9 Å². The van der Waals surface area contributed by atoms with Crippen LogP contribution in [0.2, 0.25) is 0 Å². The van der Waals surface area contributed by atoms with E-state index in [1.807, 2.05) is 13.8 Å². The number of benzene rings is 1. The van der Waals surface area contributed by atoms with E-state index in [0.717, 1.165) is 17.3 Å². The molecule has 0 saturated heterocycles. The highest BCUT2D eigenvalue weighted by atomic mass is 32.2. The zero-order valence-corrected chi connectivity index (χ0v) is 16.6. The number of carbonyl (C=O) groups excluding carboxylic acids is 1. The lowest BCUT2D eigenvalue weighted by atomic mass is 9.98. The van der Waals surface area contributed by atoms with Crippen LogP contribution in [0.4, 0.5) is 13.2 Å². The van der Waals surface area contributed by atoms with E-state index in [2.05, 4.69) is 14.7 Å². The Morgan fingerprint density at radius 3 is 2.33 bits per heavy atom. The van der Waals surface area contributed by atoms with Gasteiger partial charge in [-0.2, -0.15) is 13.2 Å². The first-order valence-corrected chi connectivity index (χ1v) is 9.68. The Labute approximate surface area is 161 Å². The number of nitrogens with zero attached hydrogens (tertiary/aromatic N) is 2. The molecule has 0 aliphatic rings. The molecule has 0 radical (unpaired) electrons. The Bertz CT molecular complexity index is 752. The molecule has 8 heteroatoms. The molecule has 0 bridgehead atoms. The van der Waals surface area contributed by atoms with Crippen molar-refractivity contribution in [2.24, 2.45) is 0 Å². The molecule has 2 rings (SSSR count). The molecule has 0 aliphatic carbocycles. The molecular formula is C19H23F3N2O2S. The maximum absolute atomic E-state index is 13.2. The van der Waals surface area contributed by atoms with Crippen molar-refractivity contribution in [3.8, 4) is 0 Å². The van der Waals surface area contributed by atoms with Crippen LogP contribution in [0, 0.1) is 0 Å². The summed E-state index contributed by atoms with van der Waals surface area (Å²) in [6, 6.07) is 7.12. The van der Waals surface area contributed by atoms with Crippen LogP contribution in [0.15, 0.2) is 35.6 Å². The third-order valence-corrected chi connectivity index (χ3v) is 4.21. The van der Waals surface area contributed by atoms with Gasteiger partial charge in [0.15, 0.2) is 5.16 Å². The van der Waals surface area contributed by atoms with Crippen molar-refractivity contribution in [1.82, 2.24) is 9.97 Å². The minimum absolute atomic E-state index is 0.0419. The smallest absolute Gasteiger partial charge is 0.419 e. The third kappa shape index (κ3) is 6.86. The standard InChI is InChI=1S/C17H17F3N2O2S.C2H6/c1-24-15(23)9-12-6-4-3-5-11(12)7-8-14-13(17(18,19)20)10-21-16(22-14)25-2;1-2/h3-6,10H,7-9H2,1-2H3;1-2H3. The van der Waals surface area contributed by atoms with Crippen molar-refractivity contribution < 1.29 is 22.7 Å². The predicted molar refractivity (Wildman–Crippen MR) is 99.7 cm³/mol. The van der Waals surface area contributed by atoms with E-state index >= 15 is 0 Å². The van der Waals surface area contributed by atoms with Crippen LogP contribution in [0.3, 0.4) is 0 Å². The number of alkyl halides is 3. The van der Waals surface area contributed by atoms with Gasteiger partial charge in [0.05, 0.1) is 24.8 Å². The molecule has 0 unspecified atom stereocenters. The number of hydrogen-bond acceptors (Lipinski definition) is 5. The first-order chi connectivity index (χ1) is 12.8. The van der Waals surface area contributed by atoms with Gasteiger partial charge in [0.1, 0.15) is 0 Å². The van der Waals surface area contributed by atoms with E-state index in [1.54, 1.807) is 30.5 Å². The second-order valence-electron chi connectivity index (χ2n) is 5.24. The molecule has 0 aliphatic heterocycles. The summed E-state index contributed by atoms with van der Waals surface area (Å²) < 4.78 is 44.1. The Hall–Kier alpha value is -2.09. The van der Waals surface area contributed by atoms with Gasteiger partial charge >= 0.3 is 12.1 Å². The first-order valence-electron chi connectivity index (χ1n) is 8.46. The molecule has 0 amide bonds. The number of aromatic nitrogens is 2. The highest BCUT2D eigenvalue weighted by Crippen LogP contribution is 2.32. The van der Waals surface area contributed by atoms with Crippen LogP contribution in [-0.4, -0.2) is 29.3 Å². The third-order valence-electron chi connectivity index (χ3n) is 3.65. The number of rotatable bonds is 6. The molecule has 0 N–H and O–H groups in total. The summed E-state index contributed by atoms with van der Waals surface area (Å²) in [7, 11) is 1.30. The number of aryl methyl sites for hydroxylation is 2. The molecule has 1 aromatic heterocycles. The van der Waals surface area contributed by atoms with Gasteiger partial charge in [-0.05, 0) is 30.2 Å². The Kier molecular flexibility index (Phi) is 9.28. The van der Waals surface area contributed by atoms with E-state index in [9.17, 15) is 18.0 Å². The molecule has 4 nitrogen and oxygen atoms in total. The van der Waals surface area contributed by atoms with Gasteiger partial charge < -0.3 is 4.74 Å². The monoisotopic (exact) mass is 400 g/mol. The Morgan fingerprint density at radius 2 is 1.78 bits per heavy atom. The molecule has 1 heterocycles. The number of halogens is 3. The molecular weight excluding hydrogens is 377 g/mol. The van der Waals surface area contributed by atoms with Crippen molar-refractivity contribution in [2.75, 3.05) is 13.4 Å². The number of ether oxygens (including phenoxy) is 1. The zero-order chi connectivity index (χ0) is 20.4. The molecule has 0 fully saturated rings. The minimum Gasteiger partial charge on any atom is -0.469 e. The number of esters is 1. The van der Waals surface area contributed by atoms with Gasteiger partial charge in [0.2, 0.25) is 0 Å². The lowest BCUT2D eigenvalue weighted by molar-refractivity contribution is -0.140. The van der Waals surface area contributed by atoms with Crippen molar-refractivity contribution in [3.05, 3.63) is 52.8 Å². The van der Waals surface area contributed by atoms with Crippen molar-refractivity contribution in [2.45, 2.75) is 44.4 Å². The number of thioether (sulfide) groups is 1. The molecule has 0 atom stereocenters. The summed E-state index contributed by atoms with van der Waals surface area (Å²) in [5.41, 5.74) is 0.669. The summed E-state index contributed by atoms with van der Waals surface area (Å²) in [5.74, 6) is -0.393. The van der Waals surface area contributed by atoms with Crippen molar-refractivity contribution in [3.63, 3.8) is 0 Å². The van der Waals surface area contributed by atoms with Crippen LogP contribution in [0.5, 0.6) is 0 Å². The lowest BCUT2D eigenvalue weighted by Crippen LogP contribution is -2.14. The van der Waals surface area contributed by atoms with E-state index in [4.69, 9.17) is 0 Å². The molecule has 0 spiro atoms. The lowest BCUT2D eigenvalue weighted by Gasteiger charge is -2.13. The summed E-state index contributed by atoms with van der Waals surface area (Å²) in [6.07, 6.45) is -1.45. The van der Waals surface area contributed by atoms with Gasteiger partial charge in [-0.15, -0.1) is 0 Å². The average molecular weight is 400 g/mol. The second kappa shape index (κ2) is 10.9. The number of methoxy groups -OCH3 is 1. The summed E-state index contributed by atoms with van der Waals surface area (Å²) in [5, 5.41) is 0.297. The predicted octanol–water partition coefficient (Wildman–Crippen LogP) is 4.74. The van der Waals surface area contributed by atoms with E-state index in [-0.39, 0.29) is 18.5 Å². The van der Waals surface area contributed by atoms with E-state index in [0.29, 0.717) is 11.6 Å². The number of hydrogen-bond donors (Lipinski definition) is 0. The SMILES string of the molecule is CC.COC(=O)Cc1ccccc1CCc1nc(SC)ncc1C(F)(F)F. The molecule has 1 aromatic carbocycles. The summed E-state index contributed by atoms with van der Waals surface area (Å²) in [6.45, 7) is 4.00. The second-order valence-corrected chi connectivity index (χ2v) is 6.01. The fourth-order valence-electron chi connectivity index (χ4n) is 2.38. The van der Waals surface area contributed by atoms with Gasteiger partial charge in [0.25, 0.3) is 0 Å². The van der Waals surface area contributed by atoms with E-state index in [1.165, 1.54) is 18.9 Å². The number of carbonyl (C=O) groups is 1.